The molecular weight excluding hydrogens is 258 g/mol. The van der Waals surface area contributed by atoms with Crippen molar-refractivity contribution in [2.75, 3.05) is 18.1 Å². The van der Waals surface area contributed by atoms with Gasteiger partial charge in [-0.15, -0.1) is 0 Å². The SMILES string of the molecule is CCS(=O)(=O)CCCC1(CNC(C)C)CC2CC2C1. The number of nitrogens with one attached hydrogen (secondary N) is 1. The molecule has 19 heavy (non-hydrogen) atoms. The van der Waals surface area contributed by atoms with Crippen molar-refractivity contribution in [2.24, 2.45) is 17.3 Å². The normalized spacial score (nSPS) is 33.7. The quantitative estimate of drug-likeness (QED) is 0.746. The van der Waals surface area contributed by atoms with Crippen LogP contribution in [-0.4, -0.2) is 32.5 Å². The van der Waals surface area contributed by atoms with Crippen LogP contribution in [-0.2, 0) is 9.84 Å². The average molecular weight is 287 g/mol. The van der Waals surface area contributed by atoms with E-state index in [1.807, 2.05) is 0 Å². The van der Waals surface area contributed by atoms with Crippen LogP contribution in [0.4, 0.5) is 0 Å². The minimum atomic E-state index is -2.79. The molecule has 0 bridgehead atoms. The van der Waals surface area contributed by atoms with Crippen LogP contribution in [0.15, 0.2) is 0 Å². The highest BCUT2D eigenvalue weighted by Crippen LogP contribution is 2.61. The minimum absolute atomic E-state index is 0.287. The van der Waals surface area contributed by atoms with Crippen LogP contribution < -0.4 is 5.32 Å². The predicted octanol–water partition coefficient (Wildman–Crippen LogP) is 2.62. The zero-order valence-electron chi connectivity index (χ0n) is 12.6. The van der Waals surface area contributed by atoms with Crippen LogP contribution in [0.3, 0.4) is 0 Å². The van der Waals surface area contributed by atoms with Gasteiger partial charge in [0, 0.05) is 18.3 Å². The summed E-state index contributed by atoms with van der Waals surface area (Å²) in [5, 5.41) is 3.58. The van der Waals surface area contributed by atoms with Crippen molar-refractivity contribution >= 4 is 9.84 Å². The largest absolute Gasteiger partial charge is 0.314 e. The van der Waals surface area contributed by atoms with Crippen molar-refractivity contribution < 1.29 is 8.42 Å². The van der Waals surface area contributed by atoms with Crippen LogP contribution in [0.1, 0.15) is 52.9 Å². The van der Waals surface area contributed by atoms with Crippen LogP contribution in [0.5, 0.6) is 0 Å². The number of hydrogen-bond donors (Lipinski definition) is 1. The first kappa shape index (κ1) is 15.3. The Labute approximate surface area is 118 Å². The first-order chi connectivity index (χ1) is 8.86. The summed E-state index contributed by atoms with van der Waals surface area (Å²) in [7, 11) is -2.79. The highest BCUT2D eigenvalue weighted by molar-refractivity contribution is 7.91. The van der Waals surface area contributed by atoms with Crippen molar-refractivity contribution in [3.8, 4) is 0 Å². The smallest absolute Gasteiger partial charge is 0.150 e. The molecule has 2 fully saturated rings. The summed E-state index contributed by atoms with van der Waals surface area (Å²) < 4.78 is 23.2. The van der Waals surface area contributed by atoms with E-state index in [2.05, 4.69) is 19.2 Å². The Morgan fingerprint density at radius 2 is 1.89 bits per heavy atom. The van der Waals surface area contributed by atoms with E-state index in [9.17, 15) is 8.42 Å². The van der Waals surface area contributed by atoms with Gasteiger partial charge in [-0.3, -0.25) is 0 Å². The van der Waals surface area contributed by atoms with Crippen molar-refractivity contribution in [2.45, 2.75) is 58.9 Å². The number of sulfone groups is 1. The Bertz CT molecular complexity index is 392. The Balaban J connectivity index is 1.84. The molecule has 112 valence electrons. The molecule has 0 aromatic rings. The summed E-state index contributed by atoms with van der Waals surface area (Å²) >= 11 is 0. The summed E-state index contributed by atoms with van der Waals surface area (Å²) in [5.41, 5.74) is 0.390. The maximum atomic E-state index is 11.6. The third-order valence-corrected chi connectivity index (χ3v) is 6.74. The summed E-state index contributed by atoms with van der Waals surface area (Å²) in [6.45, 7) is 7.19. The van der Waals surface area contributed by atoms with Crippen molar-refractivity contribution in [1.29, 1.82) is 0 Å². The number of hydrogen-bond acceptors (Lipinski definition) is 3. The lowest BCUT2D eigenvalue weighted by molar-refractivity contribution is 0.222. The molecule has 0 aromatic heterocycles. The Kier molecular flexibility index (Phi) is 4.61. The molecule has 0 amide bonds. The highest BCUT2D eigenvalue weighted by atomic mass is 32.2. The molecule has 2 saturated carbocycles. The third kappa shape index (κ3) is 4.19. The summed E-state index contributed by atoms with van der Waals surface area (Å²) in [5.74, 6) is 2.58. The van der Waals surface area contributed by atoms with E-state index in [1.165, 1.54) is 19.3 Å². The highest BCUT2D eigenvalue weighted by Gasteiger charge is 2.53. The molecule has 0 aliphatic heterocycles. The Hall–Kier alpha value is -0.0900. The molecule has 2 unspecified atom stereocenters. The molecule has 3 nitrogen and oxygen atoms in total. The monoisotopic (exact) mass is 287 g/mol. The lowest BCUT2D eigenvalue weighted by Crippen LogP contribution is -2.37. The third-order valence-electron chi connectivity index (χ3n) is 4.95. The number of fused-ring (bicyclic) bond motifs is 1. The van der Waals surface area contributed by atoms with Gasteiger partial charge in [-0.25, -0.2) is 8.42 Å². The lowest BCUT2D eigenvalue weighted by Gasteiger charge is -2.32. The van der Waals surface area contributed by atoms with E-state index in [1.54, 1.807) is 6.92 Å². The first-order valence-electron chi connectivity index (χ1n) is 7.80. The summed E-state index contributed by atoms with van der Waals surface area (Å²) in [4.78, 5) is 0. The fourth-order valence-electron chi connectivity index (χ4n) is 3.67. The van der Waals surface area contributed by atoms with Gasteiger partial charge in [-0.1, -0.05) is 20.8 Å². The lowest BCUT2D eigenvalue weighted by atomic mass is 9.78. The zero-order valence-corrected chi connectivity index (χ0v) is 13.4. The molecule has 2 aliphatic rings. The van der Waals surface area contributed by atoms with Crippen molar-refractivity contribution in [3.05, 3.63) is 0 Å². The van der Waals surface area contributed by atoms with Gasteiger partial charge in [0.1, 0.15) is 9.84 Å². The first-order valence-corrected chi connectivity index (χ1v) is 9.62. The fraction of sp³-hybridized carbons (Fsp3) is 1.00. The van der Waals surface area contributed by atoms with Gasteiger partial charge in [0.05, 0.1) is 5.75 Å². The second-order valence-corrected chi connectivity index (χ2v) is 9.51. The van der Waals surface area contributed by atoms with Gasteiger partial charge in [0.15, 0.2) is 0 Å². The van der Waals surface area contributed by atoms with E-state index >= 15 is 0 Å². The van der Waals surface area contributed by atoms with Gasteiger partial charge in [0.25, 0.3) is 0 Å². The molecular formula is C15H29NO2S. The van der Waals surface area contributed by atoms with Crippen molar-refractivity contribution in [1.82, 2.24) is 5.32 Å². The van der Waals surface area contributed by atoms with Gasteiger partial charge >= 0.3 is 0 Å². The van der Waals surface area contributed by atoms with Gasteiger partial charge < -0.3 is 5.32 Å². The topological polar surface area (TPSA) is 46.2 Å². The van der Waals surface area contributed by atoms with Crippen molar-refractivity contribution in [3.63, 3.8) is 0 Å². The van der Waals surface area contributed by atoms with Gasteiger partial charge in [0.2, 0.25) is 0 Å². The van der Waals surface area contributed by atoms with E-state index in [-0.39, 0.29) is 5.75 Å². The Morgan fingerprint density at radius 3 is 2.42 bits per heavy atom. The second kappa shape index (κ2) is 5.72. The van der Waals surface area contributed by atoms with Gasteiger partial charge in [-0.05, 0) is 49.4 Å². The summed E-state index contributed by atoms with van der Waals surface area (Å²) in [6.07, 6.45) is 6.00. The molecule has 1 N–H and O–H groups in total. The van der Waals surface area contributed by atoms with Crippen LogP contribution in [0.25, 0.3) is 0 Å². The van der Waals surface area contributed by atoms with E-state index in [0.29, 0.717) is 17.2 Å². The molecule has 0 saturated heterocycles. The van der Waals surface area contributed by atoms with Crippen LogP contribution in [0.2, 0.25) is 0 Å². The minimum Gasteiger partial charge on any atom is -0.314 e. The molecule has 4 heteroatoms. The number of rotatable bonds is 8. The van der Waals surface area contributed by atoms with Crippen LogP contribution >= 0.6 is 0 Å². The molecule has 0 heterocycles. The molecule has 2 atom stereocenters. The van der Waals surface area contributed by atoms with E-state index in [0.717, 1.165) is 31.2 Å². The Morgan fingerprint density at radius 1 is 1.26 bits per heavy atom. The molecule has 0 spiro atoms. The van der Waals surface area contributed by atoms with E-state index in [4.69, 9.17) is 0 Å². The predicted molar refractivity (Wildman–Crippen MR) is 80.0 cm³/mol. The molecule has 0 aromatic carbocycles. The summed E-state index contributed by atoms with van der Waals surface area (Å²) in [6, 6.07) is 0.521. The van der Waals surface area contributed by atoms with E-state index < -0.39 is 9.84 Å². The average Bonchev–Trinajstić information content (AvgIpc) is 2.95. The molecule has 2 rings (SSSR count). The van der Waals surface area contributed by atoms with Gasteiger partial charge in [-0.2, -0.15) is 0 Å². The zero-order chi connectivity index (χ0) is 14.1. The second-order valence-electron chi connectivity index (χ2n) is 7.04. The maximum Gasteiger partial charge on any atom is 0.150 e. The fourth-order valence-corrected chi connectivity index (χ4v) is 4.55. The van der Waals surface area contributed by atoms with Crippen LogP contribution in [0, 0.1) is 17.3 Å². The molecule has 0 radical (unpaired) electrons. The maximum absolute atomic E-state index is 11.6. The molecule has 2 aliphatic carbocycles. The standard InChI is InChI=1S/C15H29NO2S/c1-4-19(17,18)7-5-6-15(11-16-12(2)3)9-13-8-14(13)10-15/h12-14,16H,4-11H2,1-3H3.